The molecule has 1 aromatic carbocycles. The lowest BCUT2D eigenvalue weighted by molar-refractivity contribution is -0.115. The van der Waals surface area contributed by atoms with Crippen LogP contribution in [0.3, 0.4) is 0 Å². The molecular weight excluding hydrogens is 292 g/mol. The fourth-order valence-corrected chi connectivity index (χ4v) is 2.02. The zero-order valence-corrected chi connectivity index (χ0v) is 11.6. The third-order valence-corrected chi connectivity index (χ3v) is 2.87. The first-order valence-electron chi connectivity index (χ1n) is 5.61. The van der Waals surface area contributed by atoms with E-state index in [2.05, 4.69) is 26.2 Å². The Hall–Kier alpha value is -1.68. The number of nitrogens with one attached hydrogen (secondary N) is 1. The number of hydrogen-bond donors (Lipinski definition) is 1. The number of aryl methyl sites for hydroxylation is 1. The fourth-order valence-electron chi connectivity index (χ4n) is 1.67. The van der Waals surface area contributed by atoms with Gasteiger partial charge in [0.15, 0.2) is 0 Å². The third kappa shape index (κ3) is 3.67. The summed E-state index contributed by atoms with van der Waals surface area (Å²) in [6.45, 7) is 2.01. The second-order valence-electron chi connectivity index (χ2n) is 4.06. The largest absolute Gasteiger partial charge is 0.310 e. The van der Waals surface area contributed by atoms with Gasteiger partial charge in [0.25, 0.3) is 0 Å². The van der Waals surface area contributed by atoms with E-state index in [1.54, 1.807) is 6.07 Å². The Bertz CT molecular complexity index is 520. The first kappa shape index (κ1) is 12.8. The lowest BCUT2D eigenvalue weighted by atomic mass is 10.1. The number of nitrogens with zero attached hydrogens (tertiary/aromatic N) is 1. The van der Waals surface area contributed by atoms with Crippen molar-refractivity contribution in [3.63, 3.8) is 0 Å². The molecule has 1 aromatic heterocycles. The maximum Gasteiger partial charge on any atom is 0.229 e. The predicted molar refractivity (Wildman–Crippen MR) is 75.4 cm³/mol. The molecule has 1 N–H and O–H groups in total. The molecule has 0 saturated heterocycles. The van der Waals surface area contributed by atoms with Crippen LogP contribution in [-0.2, 0) is 11.2 Å². The second-order valence-corrected chi connectivity index (χ2v) is 4.87. The number of carbonyl (C=O) groups excluding carboxylic acids is 1. The highest BCUT2D eigenvalue weighted by molar-refractivity contribution is 9.10. The molecule has 0 spiro atoms. The Balaban J connectivity index is 2.01. The zero-order valence-electron chi connectivity index (χ0n) is 9.98. The van der Waals surface area contributed by atoms with E-state index in [0.29, 0.717) is 16.8 Å². The number of halogens is 1. The van der Waals surface area contributed by atoms with Gasteiger partial charge < -0.3 is 5.32 Å². The molecule has 0 radical (unpaired) electrons. The molecule has 2 aromatic rings. The molecule has 0 aliphatic carbocycles. The maximum absolute atomic E-state index is 11.8. The zero-order chi connectivity index (χ0) is 13.0. The fraction of sp³-hybridized carbons (Fsp3) is 0.143. The Kier molecular flexibility index (Phi) is 4.10. The van der Waals surface area contributed by atoms with Crippen molar-refractivity contribution in [3.8, 4) is 0 Å². The first-order chi connectivity index (χ1) is 8.63. The van der Waals surface area contributed by atoms with Crippen molar-refractivity contribution in [1.29, 1.82) is 0 Å². The Morgan fingerprint density at radius 2 is 2.06 bits per heavy atom. The van der Waals surface area contributed by atoms with Crippen LogP contribution in [0.1, 0.15) is 11.1 Å². The Morgan fingerprint density at radius 1 is 1.28 bits per heavy atom. The summed E-state index contributed by atoms with van der Waals surface area (Å²) >= 11 is 3.27. The van der Waals surface area contributed by atoms with Crippen molar-refractivity contribution in [2.45, 2.75) is 13.3 Å². The predicted octanol–water partition coefficient (Wildman–Crippen LogP) is 3.33. The molecule has 4 heteroatoms. The quantitative estimate of drug-likeness (QED) is 0.884. The summed E-state index contributed by atoms with van der Waals surface area (Å²) in [7, 11) is 0. The molecule has 92 valence electrons. The van der Waals surface area contributed by atoms with Crippen LogP contribution in [0, 0.1) is 6.92 Å². The topological polar surface area (TPSA) is 42.0 Å². The van der Waals surface area contributed by atoms with Crippen LogP contribution in [0.2, 0.25) is 0 Å². The van der Waals surface area contributed by atoms with Gasteiger partial charge in [-0.25, -0.2) is 4.98 Å². The summed E-state index contributed by atoms with van der Waals surface area (Å²) in [6, 6.07) is 13.3. The highest BCUT2D eigenvalue weighted by Gasteiger charge is 2.05. The van der Waals surface area contributed by atoms with E-state index in [4.69, 9.17) is 0 Å². The van der Waals surface area contributed by atoms with E-state index >= 15 is 0 Å². The molecule has 0 atom stereocenters. The van der Waals surface area contributed by atoms with Crippen molar-refractivity contribution in [2.24, 2.45) is 0 Å². The van der Waals surface area contributed by atoms with Gasteiger partial charge in [-0.15, -0.1) is 0 Å². The first-order valence-corrected chi connectivity index (χ1v) is 6.41. The molecule has 0 aliphatic heterocycles. The van der Waals surface area contributed by atoms with Crippen LogP contribution in [0.4, 0.5) is 5.82 Å². The number of rotatable bonds is 3. The normalized spacial score (nSPS) is 10.1. The second kappa shape index (κ2) is 5.78. The Labute approximate surface area is 114 Å². The van der Waals surface area contributed by atoms with Crippen molar-refractivity contribution in [2.75, 3.05) is 5.32 Å². The number of anilines is 1. The van der Waals surface area contributed by atoms with E-state index in [0.717, 1.165) is 11.1 Å². The van der Waals surface area contributed by atoms with Crippen molar-refractivity contribution < 1.29 is 4.79 Å². The van der Waals surface area contributed by atoms with Crippen molar-refractivity contribution >= 4 is 27.7 Å². The molecule has 0 aliphatic rings. The summed E-state index contributed by atoms with van der Waals surface area (Å²) in [4.78, 5) is 16.0. The van der Waals surface area contributed by atoms with Gasteiger partial charge in [0, 0.05) is 0 Å². The summed E-state index contributed by atoms with van der Waals surface area (Å²) in [5.74, 6) is 0.494. The SMILES string of the molecule is Cc1cccc(CC(=O)Nc2cccc(Br)n2)c1. The third-order valence-electron chi connectivity index (χ3n) is 2.43. The van der Waals surface area contributed by atoms with Crippen LogP contribution in [0.25, 0.3) is 0 Å². The van der Waals surface area contributed by atoms with Gasteiger partial charge >= 0.3 is 0 Å². The van der Waals surface area contributed by atoms with Crippen LogP contribution in [0.15, 0.2) is 47.1 Å². The van der Waals surface area contributed by atoms with Gasteiger partial charge in [0.2, 0.25) is 5.91 Å². The molecule has 0 saturated carbocycles. The van der Waals surface area contributed by atoms with Gasteiger partial charge in [-0.3, -0.25) is 4.79 Å². The number of amides is 1. The summed E-state index contributed by atoms with van der Waals surface area (Å²) in [5.41, 5.74) is 2.16. The average Bonchev–Trinajstić information content (AvgIpc) is 2.28. The highest BCUT2D eigenvalue weighted by atomic mass is 79.9. The lowest BCUT2D eigenvalue weighted by Gasteiger charge is -2.05. The van der Waals surface area contributed by atoms with E-state index in [-0.39, 0.29) is 5.91 Å². The van der Waals surface area contributed by atoms with Crippen molar-refractivity contribution in [3.05, 3.63) is 58.2 Å². The van der Waals surface area contributed by atoms with Gasteiger partial charge in [-0.2, -0.15) is 0 Å². The highest BCUT2D eigenvalue weighted by Crippen LogP contribution is 2.11. The lowest BCUT2D eigenvalue weighted by Crippen LogP contribution is -2.15. The smallest absolute Gasteiger partial charge is 0.229 e. The molecular formula is C14H13BrN2O. The van der Waals surface area contributed by atoms with Crippen molar-refractivity contribution in [1.82, 2.24) is 4.98 Å². The average molecular weight is 305 g/mol. The minimum absolute atomic E-state index is 0.0637. The minimum Gasteiger partial charge on any atom is -0.310 e. The maximum atomic E-state index is 11.8. The van der Waals surface area contributed by atoms with Gasteiger partial charge in [-0.1, -0.05) is 35.9 Å². The van der Waals surface area contributed by atoms with Gasteiger partial charge in [0.05, 0.1) is 6.42 Å². The molecule has 0 unspecified atom stereocenters. The molecule has 1 amide bonds. The number of pyridine rings is 1. The van der Waals surface area contributed by atoms with E-state index in [9.17, 15) is 4.79 Å². The number of aromatic nitrogens is 1. The summed E-state index contributed by atoms with van der Waals surface area (Å²) < 4.78 is 0.704. The molecule has 0 fully saturated rings. The molecule has 2 rings (SSSR count). The molecule has 3 nitrogen and oxygen atoms in total. The van der Waals surface area contributed by atoms with Crippen LogP contribution < -0.4 is 5.32 Å². The number of hydrogen-bond acceptors (Lipinski definition) is 2. The van der Waals surface area contributed by atoms with Crippen LogP contribution >= 0.6 is 15.9 Å². The minimum atomic E-state index is -0.0637. The molecule has 18 heavy (non-hydrogen) atoms. The monoisotopic (exact) mass is 304 g/mol. The summed E-state index contributed by atoms with van der Waals surface area (Å²) in [6.07, 6.45) is 0.357. The molecule has 0 bridgehead atoms. The van der Waals surface area contributed by atoms with E-state index in [1.165, 1.54) is 0 Å². The van der Waals surface area contributed by atoms with Gasteiger partial charge in [-0.05, 0) is 40.5 Å². The van der Waals surface area contributed by atoms with Crippen LogP contribution in [-0.4, -0.2) is 10.9 Å². The standard InChI is InChI=1S/C14H13BrN2O/c1-10-4-2-5-11(8-10)9-14(18)17-13-7-3-6-12(15)16-13/h2-8H,9H2,1H3,(H,16,17,18). The van der Waals surface area contributed by atoms with E-state index in [1.807, 2.05) is 43.3 Å². The van der Waals surface area contributed by atoms with E-state index < -0.39 is 0 Å². The number of benzene rings is 1. The summed E-state index contributed by atoms with van der Waals surface area (Å²) in [5, 5.41) is 2.77. The molecule has 1 heterocycles. The Morgan fingerprint density at radius 3 is 2.78 bits per heavy atom. The van der Waals surface area contributed by atoms with Crippen LogP contribution in [0.5, 0.6) is 0 Å². The van der Waals surface area contributed by atoms with Gasteiger partial charge in [0.1, 0.15) is 10.4 Å². The number of carbonyl (C=O) groups is 1.